The zero-order chi connectivity index (χ0) is 14.2. The molecule has 1 aromatic heterocycles. The van der Waals surface area contributed by atoms with Gasteiger partial charge in [0.25, 0.3) is 6.43 Å². The van der Waals surface area contributed by atoms with E-state index in [9.17, 15) is 17.6 Å². The predicted molar refractivity (Wildman–Crippen MR) is 58.2 cm³/mol. The van der Waals surface area contributed by atoms with Crippen molar-refractivity contribution in [1.29, 1.82) is 5.26 Å². The lowest BCUT2D eigenvalue weighted by atomic mass is 10.2. The monoisotopic (exact) mass is 289 g/mol. The zero-order valence-corrected chi connectivity index (χ0v) is 9.80. The summed E-state index contributed by atoms with van der Waals surface area (Å²) in [5, 5.41) is 11.7. The molecule has 0 bridgehead atoms. The molecule has 98 valence electrons. The molecule has 0 radical (unpaired) electrons. The fourth-order valence-electron chi connectivity index (χ4n) is 1.48. The molecule has 0 amide bonds. The molecular weight excluding hydrogens is 286 g/mol. The van der Waals surface area contributed by atoms with Crippen molar-refractivity contribution in [3.05, 3.63) is 46.2 Å². The van der Waals surface area contributed by atoms with E-state index in [0.29, 0.717) is 10.7 Å². The van der Waals surface area contributed by atoms with Gasteiger partial charge in [-0.1, -0.05) is 11.6 Å². The van der Waals surface area contributed by atoms with Crippen LogP contribution in [0.1, 0.15) is 17.7 Å². The third kappa shape index (κ3) is 2.27. The van der Waals surface area contributed by atoms with Crippen LogP contribution in [0.2, 0.25) is 5.15 Å². The van der Waals surface area contributed by atoms with Gasteiger partial charge in [-0.2, -0.15) is 10.4 Å². The Hall–Kier alpha value is -2.07. The zero-order valence-electron chi connectivity index (χ0n) is 9.04. The summed E-state index contributed by atoms with van der Waals surface area (Å²) in [5.74, 6) is -1.87. The maximum atomic E-state index is 13.5. The fourth-order valence-corrected chi connectivity index (χ4v) is 1.75. The number of halogens is 5. The second-order valence-electron chi connectivity index (χ2n) is 3.47. The molecule has 0 saturated heterocycles. The van der Waals surface area contributed by atoms with Crippen LogP contribution in [-0.2, 0) is 0 Å². The summed E-state index contributed by atoms with van der Waals surface area (Å²) in [6.07, 6.45) is -3.03. The third-order valence-corrected chi connectivity index (χ3v) is 2.66. The van der Waals surface area contributed by atoms with Crippen LogP contribution in [0.3, 0.4) is 0 Å². The Morgan fingerprint density at radius 3 is 2.47 bits per heavy atom. The minimum Gasteiger partial charge on any atom is -0.217 e. The number of rotatable bonds is 2. The quantitative estimate of drug-likeness (QED) is 0.793. The largest absolute Gasteiger partial charge is 0.283 e. The number of nitriles is 1. The van der Waals surface area contributed by atoms with Crippen LogP contribution in [0.4, 0.5) is 17.6 Å². The SMILES string of the molecule is N#Cc1c(C(F)F)nn(-c2ccc(F)cc2F)c1Cl. The number of hydrogen-bond donors (Lipinski definition) is 0. The molecule has 0 unspecified atom stereocenters. The molecule has 0 spiro atoms. The molecule has 0 atom stereocenters. The highest BCUT2D eigenvalue weighted by Crippen LogP contribution is 2.30. The van der Waals surface area contributed by atoms with Crippen LogP contribution < -0.4 is 0 Å². The first kappa shape index (κ1) is 13.4. The lowest BCUT2D eigenvalue weighted by Gasteiger charge is -2.04. The van der Waals surface area contributed by atoms with Crippen LogP contribution >= 0.6 is 11.6 Å². The summed E-state index contributed by atoms with van der Waals surface area (Å²) in [5.41, 5.74) is -1.72. The topological polar surface area (TPSA) is 41.6 Å². The molecule has 0 aliphatic carbocycles. The van der Waals surface area contributed by atoms with Crippen molar-refractivity contribution >= 4 is 11.6 Å². The lowest BCUT2D eigenvalue weighted by Crippen LogP contribution is -2.01. The second-order valence-corrected chi connectivity index (χ2v) is 3.83. The number of alkyl halides is 2. The van der Waals surface area contributed by atoms with Gasteiger partial charge >= 0.3 is 0 Å². The maximum absolute atomic E-state index is 13.5. The van der Waals surface area contributed by atoms with Crippen molar-refractivity contribution < 1.29 is 17.6 Å². The Bertz CT molecular complexity index is 675. The van der Waals surface area contributed by atoms with Crippen LogP contribution in [-0.4, -0.2) is 9.78 Å². The smallest absolute Gasteiger partial charge is 0.217 e. The molecule has 0 saturated carbocycles. The number of nitrogens with zero attached hydrogens (tertiary/aromatic N) is 3. The first-order valence-corrected chi connectivity index (χ1v) is 5.25. The van der Waals surface area contributed by atoms with E-state index in [0.717, 1.165) is 12.1 Å². The minimum absolute atomic E-state index is 0.324. The maximum Gasteiger partial charge on any atom is 0.283 e. The standard InChI is InChI=1S/C11H4ClF4N3/c12-10-6(4-17)9(11(15)16)18-19(10)8-2-1-5(13)3-7(8)14/h1-3,11H. The summed E-state index contributed by atoms with van der Waals surface area (Å²) in [7, 11) is 0. The highest BCUT2D eigenvalue weighted by molar-refractivity contribution is 6.31. The Morgan fingerprint density at radius 2 is 2.00 bits per heavy atom. The average molecular weight is 290 g/mol. The Morgan fingerprint density at radius 1 is 1.32 bits per heavy atom. The average Bonchev–Trinajstić information content (AvgIpc) is 2.66. The van der Waals surface area contributed by atoms with E-state index in [4.69, 9.17) is 16.9 Å². The molecule has 2 aromatic rings. The summed E-state index contributed by atoms with van der Waals surface area (Å²) >= 11 is 5.70. The molecule has 3 nitrogen and oxygen atoms in total. The predicted octanol–water partition coefficient (Wildman–Crippen LogP) is 3.61. The normalized spacial score (nSPS) is 10.8. The highest BCUT2D eigenvalue weighted by Gasteiger charge is 2.24. The Balaban J connectivity index is 2.67. The van der Waals surface area contributed by atoms with Gasteiger partial charge in [-0.05, 0) is 12.1 Å². The van der Waals surface area contributed by atoms with Crippen LogP contribution in [0.15, 0.2) is 18.2 Å². The highest BCUT2D eigenvalue weighted by atomic mass is 35.5. The molecule has 1 aromatic carbocycles. The van der Waals surface area contributed by atoms with E-state index in [1.165, 1.54) is 6.07 Å². The van der Waals surface area contributed by atoms with Gasteiger partial charge in [-0.25, -0.2) is 22.2 Å². The van der Waals surface area contributed by atoms with Crippen molar-refractivity contribution in [3.8, 4) is 11.8 Å². The number of benzene rings is 1. The van der Waals surface area contributed by atoms with Crippen molar-refractivity contribution in [2.45, 2.75) is 6.43 Å². The molecule has 0 N–H and O–H groups in total. The molecule has 0 fully saturated rings. The first-order valence-electron chi connectivity index (χ1n) is 4.87. The van der Waals surface area contributed by atoms with Gasteiger partial charge in [0, 0.05) is 6.07 Å². The van der Waals surface area contributed by atoms with E-state index in [-0.39, 0.29) is 5.69 Å². The van der Waals surface area contributed by atoms with E-state index in [1.54, 1.807) is 0 Å². The van der Waals surface area contributed by atoms with Gasteiger partial charge in [0.1, 0.15) is 28.8 Å². The van der Waals surface area contributed by atoms with Gasteiger partial charge in [-0.15, -0.1) is 0 Å². The molecule has 1 heterocycles. The molecular formula is C11H4ClF4N3. The molecule has 2 rings (SSSR count). The van der Waals surface area contributed by atoms with Gasteiger partial charge in [0.05, 0.1) is 0 Å². The summed E-state index contributed by atoms with van der Waals surface area (Å²) < 4.78 is 52.2. The third-order valence-electron chi connectivity index (χ3n) is 2.31. The lowest BCUT2D eigenvalue weighted by molar-refractivity contribution is 0.145. The van der Waals surface area contributed by atoms with Gasteiger partial charge in [0.15, 0.2) is 11.0 Å². The van der Waals surface area contributed by atoms with Crippen molar-refractivity contribution in [2.75, 3.05) is 0 Å². The number of aromatic nitrogens is 2. The van der Waals surface area contributed by atoms with E-state index < -0.39 is 34.5 Å². The van der Waals surface area contributed by atoms with E-state index in [1.807, 2.05) is 0 Å². The van der Waals surface area contributed by atoms with Crippen LogP contribution in [0.25, 0.3) is 5.69 Å². The fraction of sp³-hybridized carbons (Fsp3) is 0.0909. The first-order chi connectivity index (χ1) is 8.95. The second kappa shape index (κ2) is 4.90. The van der Waals surface area contributed by atoms with Crippen LogP contribution in [0, 0.1) is 23.0 Å². The molecule has 19 heavy (non-hydrogen) atoms. The van der Waals surface area contributed by atoms with Gasteiger partial charge < -0.3 is 0 Å². The summed E-state index contributed by atoms with van der Waals surface area (Å²) in [4.78, 5) is 0. The van der Waals surface area contributed by atoms with Crippen molar-refractivity contribution in [2.24, 2.45) is 0 Å². The summed E-state index contributed by atoms with van der Waals surface area (Å²) in [6.45, 7) is 0. The number of hydrogen-bond acceptors (Lipinski definition) is 2. The van der Waals surface area contributed by atoms with Gasteiger partial charge in [-0.3, -0.25) is 0 Å². The van der Waals surface area contributed by atoms with E-state index >= 15 is 0 Å². The van der Waals surface area contributed by atoms with Crippen molar-refractivity contribution in [3.63, 3.8) is 0 Å². The summed E-state index contributed by atoms with van der Waals surface area (Å²) in [6, 6.07) is 3.94. The Labute approximate surface area is 109 Å². The van der Waals surface area contributed by atoms with Crippen LogP contribution in [0.5, 0.6) is 0 Å². The Kier molecular flexibility index (Phi) is 3.44. The molecule has 0 aliphatic heterocycles. The van der Waals surface area contributed by atoms with Crippen molar-refractivity contribution in [1.82, 2.24) is 9.78 Å². The minimum atomic E-state index is -3.03. The van der Waals surface area contributed by atoms with Gasteiger partial charge in [0.2, 0.25) is 0 Å². The molecule has 8 heteroatoms. The molecule has 0 aliphatic rings. The van der Waals surface area contributed by atoms with E-state index in [2.05, 4.69) is 5.10 Å².